The van der Waals surface area contributed by atoms with Crippen LogP contribution in [-0.4, -0.2) is 49.3 Å². The molecule has 1 aliphatic rings. The molecule has 0 saturated carbocycles. The molecule has 0 bridgehead atoms. The molecule has 1 saturated heterocycles. The second-order valence-electron chi connectivity index (χ2n) is 7.75. The Morgan fingerprint density at radius 2 is 1.90 bits per heavy atom. The van der Waals surface area contributed by atoms with E-state index in [1.165, 1.54) is 13.0 Å². The Bertz CT molecular complexity index is 276. The Labute approximate surface area is 126 Å². The van der Waals surface area contributed by atoms with Crippen molar-refractivity contribution in [1.82, 2.24) is 10.2 Å². The first-order valence-corrected chi connectivity index (χ1v) is 8.27. The lowest BCUT2D eigenvalue weighted by Gasteiger charge is -2.44. The number of hydrogen-bond acceptors (Lipinski definition) is 3. The minimum atomic E-state index is -0.0139. The van der Waals surface area contributed by atoms with E-state index in [9.17, 15) is 0 Å². The van der Waals surface area contributed by atoms with E-state index in [0.717, 1.165) is 25.4 Å². The summed E-state index contributed by atoms with van der Waals surface area (Å²) in [6.07, 6.45) is 2.37. The summed E-state index contributed by atoms with van der Waals surface area (Å²) in [5, 5.41) is 3.75. The monoisotopic (exact) mass is 284 g/mol. The molecule has 0 aromatic carbocycles. The van der Waals surface area contributed by atoms with Crippen LogP contribution in [-0.2, 0) is 4.74 Å². The van der Waals surface area contributed by atoms with Crippen molar-refractivity contribution in [3.63, 3.8) is 0 Å². The molecule has 1 aliphatic heterocycles. The van der Waals surface area contributed by atoms with Gasteiger partial charge in [0, 0.05) is 38.8 Å². The molecule has 3 nitrogen and oxygen atoms in total. The zero-order chi connectivity index (χ0) is 15.3. The number of hydrogen-bond donors (Lipinski definition) is 1. The molecule has 1 N–H and O–H groups in total. The van der Waals surface area contributed by atoms with Crippen LogP contribution in [0.3, 0.4) is 0 Å². The topological polar surface area (TPSA) is 24.5 Å². The normalized spacial score (nSPS) is 25.6. The van der Waals surface area contributed by atoms with E-state index in [0.29, 0.717) is 18.0 Å². The van der Waals surface area contributed by atoms with Gasteiger partial charge in [0.1, 0.15) is 0 Å². The highest BCUT2D eigenvalue weighted by Gasteiger charge is 2.31. The van der Waals surface area contributed by atoms with Gasteiger partial charge in [0.15, 0.2) is 0 Å². The summed E-state index contributed by atoms with van der Waals surface area (Å²) in [6, 6.07) is 1.31. The van der Waals surface area contributed by atoms with E-state index >= 15 is 0 Å². The van der Waals surface area contributed by atoms with Crippen molar-refractivity contribution in [2.75, 3.05) is 26.7 Å². The van der Waals surface area contributed by atoms with Crippen LogP contribution in [0.1, 0.15) is 54.4 Å². The minimum absolute atomic E-state index is 0.0139. The van der Waals surface area contributed by atoms with E-state index in [4.69, 9.17) is 4.74 Å². The maximum Gasteiger partial charge on any atom is 0.0634 e. The van der Waals surface area contributed by atoms with Gasteiger partial charge in [0.05, 0.1) is 5.60 Å². The molecular weight excluding hydrogens is 248 g/mol. The molecule has 0 radical (unpaired) electrons. The van der Waals surface area contributed by atoms with E-state index in [2.05, 4.69) is 51.8 Å². The third kappa shape index (κ3) is 5.71. The maximum atomic E-state index is 5.57. The first-order valence-electron chi connectivity index (χ1n) is 8.27. The molecule has 2 unspecified atom stereocenters. The van der Waals surface area contributed by atoms with Crippen molar-refractivity contribution in [1.29, 1.82) is 0 Å². The molecule has 0 aliphatic carbocycles. The minimum Gasteiger partial charge on any atom is -0.379 e. The van der Waals surface area contributed by atoms with Crippen molar-refractivity contribution in [2.45, 2.75) is 72.1 Å². The molecule has 3 heteroatoms. The highest BCUT2D eigenvalue weighted by Crippen LogP contribution is 2.21. The molecule has 0 aromatic rings. The quantitative estimate of drug-likeness (QED) is 0.777. The first-order chi connectivity index (χ1) is 9.25. The standard InChI is InChI=1S/C17H36N2O/c1-13(2)10-15-12-19(9-8-17(5,6)20-7)16(11-18-15)14(3)4/h13-16,18H,8-12H2,1-7H3. The molecule has 0 spiro atoms. The van der Waals surface area contributed by atoms with Crippen molar-refractivity contribution in [2.24, 2.45) is 11.8 Å². The molecule has 1 rings (SSSR count). The van der Waals surface area contributed by atoms with Gasteiger partial charge < -0.3 is 10.1 Å². The fourth-order valence-corrected chi connectivity index (χ4v) is 3.06. The Balaban J connectivity index is 2.59. The Hall–Kier alpha value is -0.120. The summed E-state index contributed by atoms with van der Waals surface area (Å²) >= 11 is 0. The third-order valence-electron chi connectivity index (χ3n) is 4.62. The summed E-state index contributed by atoms with van der Waals surface area (Å²) in [4.78, 5) is 2.69. The van der Waals surface area contributed by atoms with Gasteiger partial charge in [-0.15, -0.1) is 0 Å². The second kappa shape index (κ2) is 7.77. The van der Waals surface area contributed by atoms with Gasteiger partial charge in [-0.25, -0.2) is 0 Å². The van der Waals surface area contributed by atoms with Crippen molar-refractivity contribution >= 4 is 0 Å². The van der Waals surface area contributed by atoms with Crippen LogP contribution in [0, 0.1) is 11.8 Å². The van der Waals surface area contributed by atoms with Gasteiger partial charge in [-0.3, -0.25) is 4.90 Å². The molecule has 0 aromatic heterocycles. The second-order valence-corrected chi connectivity index (χ2v) is 7.75. The largest absolute Gasteiger partial charge is 0.379 e. The van der Waals surface area contributed by atoms with Crippen molar-refractivity contribution < 1.29 is 4.74 Å². The lowest BCUT2D eigenvalue weighted by molar-refractivity contribution is -0.00439. The fourth-order valence-electron chi connectivity index (χ4n) is 3.06. The zero-order valence-electron chi connectivity index (χ0n) is 14.7. The average molecular weight is 284 g/mol. The van der Waals surface area contributed by atoms with E-state index in [1.807, 2.05) is 7.11 Å². The lowest BCUT2D eigenvalue weighted by Crippen LogP contribution is -2.59. The predicted octanol–water partition coefficient (Wildman–Crippen LogP) is 3.15. The number of ether oxygens (including phenoxy) is 1. The van der Waals surface area contributed by atoms with Gasteiger partial charge in [-0.1, -0.05) is 27.7 Å². The highest BCUT2D eigenvalue weighted by atomic mass is 16.5. The molecule has 120 valence electrons. The van der Waals surface area contributed by atoms with Gasteiger partial charge >= 0.3 is 0 Å². The van der Waals surface area contributed by atoms with Gasteiger partial charge in [0.2, 0.25) is 0 Å². The summed E-state index contributed by atoms with van der Waals surface area (Å²) in [5.74, 6) is 1.47. The lowest BCUT2D eigenvalue weighted by atomic mass is 9.94. The summed E-state index contributed by atoms with van der Waals surface area (Å²) in [5.41, 5.74) is -0.0139. The van der Waals surface area contributed by atoms with Crippen LogP contribution in [0.4, 0.5) is 0 Å². The van der Waals surface area contributed by atoms with E-state index < -0.39 is 0 Å². The highest BCUT2D eigenvalue weighted by molar-refractivity contribution is 4.89. The summed E-state index contributed by atoms with van der Waals surface area (Å²) in [6.45, 7) is 17.1. The number of methoxy groups -OCH3 is 1. The zero-order valence-corrected chi connectivity index (χ0v) is 14.7. The van der Waals surface area contributed by atoms with E-state index in [-0.39, 0.29) is 5.60 Å². The first kappa shape index (κ1) is 17.9. The molecule has 20 heavy (non-hydrogen) atoms. The number of nitrogens with zero attached hydrogens (tertiary/aromatic N) is 1. The Morgan fingerprint density at radius 3 is 2.40 bits per heavy atom. The predicted molar refractivity (Wildman–Crippen MR) is 87.1 cm³/mol. The number of nitrogens with one attached hydrogen (secondary N) is 1. The smallest absolute Gasteiger partial charge is 0.0634 e. The number of piperazine rings is 1. The van der Waals surface area contributed by atoms with Gasteiger partial charge in [0.25, 0.3) is 0 Å². The summed E-state index contributed by atoms with van der Waals surface area (Å²) in [7, 11) is 1.82. The fraction of sp³-hybridized carbons (Fsp3) is 1.00. The molecule has 1 fully saturated rings. The molecule has 2 atom stereocenters. The van der Waals surface area contributed by atoms with Crippen LogP contribution in [0.15, 0.2) is 0 Å². The third-order valence-corrected chi connectivity index (χ3v) is 4.62. The number of rotatable bonds is 7. The van der Waals surface area contributed by atoms with Crippen LogP contribution in [0.2, 0.25) is 0 Å². The summed E-state index contributed by atoms with van der Waals surface area (Å²) < 4.78 is 5.57. The van der Waals surface area contributed by atoms with Crippen molar-refractivity contribution in [3.8, 4) is 0 Å². The van der Waals surface area contributed by atoms with Crippen LogP contribution in [0.5, 0.6) is 0 Å². The van der Waals surface area contributed by atoms with E-state index in [1.54, 1.807) is 0 Å². The van der Waals surface area contributed by atoms with Crippen LogP contribution < -0.4 is 5.32 Å². The van der Waals surface area contributed by atoms with Crippen LogP contribution >= 0.6 is 0 Å². The average Bonchev–Trinajstić information content (AvgIpc) is 2.35. The Kier molecular flexibility index (Phi) is 6.96. The van der Waals surface area contributed by atoms with Crippen LogP contribution in [0.25, 0.3) is 0 Å². The SMILES string of the molecule is COC(C)(C)CCN1CC(CC(C)C)NCC1C(C)C. The van der Waals surface area contributed by atoms with Gasteiger partial charge in [-0.2, -0.15) is 0 Å². The molecular formula is C17H36N2O. The maximum absolute atomic E-state index is 5.57. The van der Waals surface area contributed by atoms with Crippen molar-refractivity contribution in [3.05, 3.63) is 0 Å². The molecule has 1 heterocycles. The van der Waals surface area contributed by atoms with Gasteiger partial charge in [-0.05, 0) is 38.5 Å². The molecule has 0 amide bonds. The Morgan fingerprint density at radius 1 is 1.25 bits per heavy atom.